The normalized spacial score (nSPS) is 17.8. The van der Waals surface area contributed by atoms with Gasteiger partial charge in [0.15, 0.2) is 0 Å². The van der Waals surface area contributed by atoms with Crippen LogP contribution < -0.4 is 10.1 Å². The lowest BCUT2D eigenvalue weighted by Crippen LogP contribution is -2.28. The van der Waals surface area contributed by atoms with Crippen LogP contribution in [0.3, 0.4) is 0 Å². The highest BCUT2D eigenvalue weighted by Crippen LogP contribution is 2.29. The SMILES string of the molecule is O=S(=O)(c1ccccc1)n1ccc2c(OC[C@@H]3CCCN3)cccc21. The molecule has 0 aliphatic carbocycles. The fourth-order valence-electron chi connectivity index (χ4n) is 3.25. The number of nitrogens with one attached hydrogen (secondary N) is 1. The van der Waals surface area contributed by atoms with Crippen LogP contribution in [0.1, 0.15) is 12.8 Å². The Hall–Kier alpha value is -2.31. The van der Waals surface area contributed by atoms with Crippen molar-refractivity contribution in [2.24, 2.45) is 0 Å². The molecule has 1 aliphatic heterocycles. The van der Waals surface area contributed by atoms with E-state index in [-0.39, 0.29) is 4.90 Å². The van der Waals surface area contributed by atoms with E-state index in [0.29, 0.717) is 23.9 Å². The molecule has 4 rings (SSSR count). The van der Waals surface area contributed by atoms with E-state index < -0.39 is 10.0 Å². The summed E-state index contributed by atoms with van der Waals surface area (Å²) in [7, 11) is -3.62. The first-order chi connectivity index (χ1) is 12.2. The van der Waals surface area contributed by atoms with Gasteiger partial charge in [-0.15, -0.1) is 0 Å². The maximum absolute atomic E-state index is 12.9. The Labute approximate surface area is 147 Å². The summed E-state index contributed by atoms with van der Waals surface area (Å²) < 4.78 is 33.1. The molecule has 1 saturated heterocycles. The molecule has 1 aliphatic rings. The van der Waals surface area contributed by atoms with Crippen LogP contribution in [0.5, 0.6) is 5.75 Å². The average Bonchev–Trinajstić information content (AvgIpc) is 3.30. The first-order valence-corrected chi connectivity index (χ1v) is 9.87. The lowest BCUT2D eigenvalue weighted by Gasteiger charge is -2.13. The third-order valence-electron chi connectivity index (χ3n) is 4.56. The van der Waals surface area contributed by atoms with E-state index in [1.54, 1.807) is 48.7 Å². The van der Waals surface area contributed by atoms with Crippen LogP contribution in [-0.4, -0.2) is 31.6 Å². The number of benzene rings is 2. The van der Waals surface area contributed by atoms with Crippen molar-refractivity contribution in [3.8, 4) is 5.75 Å². The second kappa shape index (κ2) is 6.54. The lowest BCUT2D eigenvalue weighted by molar-refractivity contribution is 0.280. The summed E-state index contributed by atoms with van der Waals surface area (Å²) >= 11 is 0. The largest absolute Gasteiger partial charge is 0.491 e. The molecule has 130 valence electrons. The summed E-state index contributed by atoms with van der Waals surface area (Å²) in [5, 5.41) is 4.21. The monoisotopic (exact) mass is 356 g/mol. The number of aromatic nitrogens is 1. The van der Waals surface area contributed by atoms with Crippen LogP contribution in [0.15, 0.2) is 65.7 Å². The fourth-order valence-corrected chi connectivity index (χ4v) is 4.61. The van der Waals surface area contributed by atoms with E-state index in [1.165, 1.54) is 10.4 Å². The van der Waals surface area contributed by atoms with Crippen LogP contribution in [-0.2, 0) is 10.0 Å². The first-order valence-electron chi connectivity index (χ1n) is 8.43. The van der Waals surface area contributed by atoms with Gasteiger partial charge in [0.1, 0.15) is 12.4 Å². The molecule has 0 spiro atoms. The van der Waals surface area contributed by atoms with Crippen LogP contribution in [0, 0.1) is 0 Å². The van der Waals surface area contributed by atoms with Crippen molar-refractivity contribution in [3.05, 3.63) is 60.8 Å². The molecule has 3 aromatic rings. The summed E-state index contributed by atoms with van der Waals surface area (Å²) in [6.07, 6.45) is 3.87. The summed E-state index contributed by atoms with van der Waals surface area (Å²) in [4.78, 5) is 0.272. The van der Waals surface area contributed by atoms with E-state index in [1.807, 2.05) is 12.1 Å². The van der Waals surface area contributed by atoms with Crippen LogP contribution in [0.2, 0.25) is 0 Å². The van der Waals surface area contributed by atoms with Gasteiger partial charge in [-0.25, -0.2) is 12.4 Å². The number of ether oxygens (including phenoxy) is 1. The summed E-state index contributed by atoms with van der Waals surface area (Å²) in [5.41, 5.74) is 0.626. The summed E-state index contributed by atoms with van der Waals surface area (Å²) in [6, 6.07) is 16.1. The summed E-state index contributed by atoms with van der Waals surface area (Å²) in [5.74, 6) is 0.716. The van der Waals surface area contributed by atoms with E-state index in [0.717, 1.165) is 18.4 Å². The topological polar surface area (TPSA) is 60.3 Å². The van der Waals surface area contributed by atoms with Gasteiger partial charge in [0.05, 0.1) is 10.4 Å². The van der Waals surface area contributed by atoms with Gasteiger partial charge in [-0.3, -0.25) is 0 Å². The van der Waals surface area contributed by atoms with Gasteiger partial charge in [0.2, 0.25) is 0 Å². The predicted octanol–water partition coefficient (Wildman–Crippen LogP) is 3.01. The van der Waals surface area contributed by atoms with Crippen molar-refractivity contribution in [2.75, 3.05) is 13.2 Å². The molecule has 0 amide bonds. The zero-order valence-corrected chi connectivity index (χ0v) is 14.6. The zero-order valence-electron chi connectivity index (χ0n) is 13.8. The minimum absolute atomic E-state index is 0.272. The van der Waals surface area contributed by atoms with Crippen LogP contribution in [0.25, 0.3) is 10.9 Å². The quantitative estimate of drug-likeness (QED) is 0.763. The number of rotatable bonds is 5. The molecule has 0 saturated carbocycles. The molecule has 0 bridgehead atoms. The van der Waals surface area contributed by atoms with Gasteiger partial charge in [0.25, 0.3) is 10.0 Å². The molecule has 6 heteroatoms. The van der Waals surface area contributed by atoms with Gasteiger partial charge < -0.3 is 10.1 Å². The van der Waals surface area contributed by atoms with E-state index in [2.05, 4.69) is 5.32 Å². The Morgan fingerprint density at radius 1 is 1.08 bits per heavy atom. The first kappa shape index (κ1) is 16.2. The van der Waals surface area contributed by atoms with E-state index >= 15 is 0 Å². The Morgan fingerprint density at radius 2 is 1.92 bits per heavy atom. The van der Waals surface area contributed by atoms with Gasteiger partial charge in [-0.05, 0) is 49.7 Å². The molecule has 0 unspecified atom stereocenters. The summed E-state index contributed by atoms with van der Waals surface area (Å²) in [6.45, 7) is 1.62. The van der Waals surface area contributed by atoms with Gasteiger partial charge in [-0.1, -0.05) is 24.3 Å². The van der Waals surface area contributed by atoms with Gasteiger partial charge in [-0.2, -0.15) is 0 Å². The molecule has 2 heterocycles. The standard InChI is InChI=1S/C19H20N2O3S/c22-25(23,16-7-2-1-3-8-16)21-13-11-17-18(21)9-4-10-19(17)24-14-15-6-5-12-20-15/h1-4,7-11,13,15,20H,5-6,12,14H2/t15-/m0/s1. The van der Waals surface area contributed by atoms with Crippen molar-refractivity contribution in [2.45, 2.75) is 23.8 Å². The zero-order chi connectivity index (χ0) is 17.3. The maximum atomic E-state index is 12.9. The highest BCUT2D eigenvalue weighted by molar-refractivity contribution is 7.90. The lowest BCUT2D eigenvalue weighted by atomic mass is 10.2. The van der Waals surface area contributed by atoms with E-state index in [4.69, 9.17) is 4.74 Å². The maximum Gasteiger partial charge on any atom is 0.268 e. The van der Waals surface area contributed by atoms with Crippen LogP contribution >= 0.6 is 0 Å². The smallest absolute Gasteiger partial charge is 0.268 e. The molecule has 5 nitrogen and oxygen atoms in total. The average molecular weight is 356 g/mol. The molecular formula is C19H20N2O3S. The molecule has 1 fully saturated rings. The molecule has 1 aromatic heterocycles. The molecule has 1 N–H and O–H groups in total. The second-order valence-corrected chi connectivity index (χ2v) is 8.04. The molecular weight excluding hydrogens is 336 g/mol. The van der Waals surface area contributed by atoms with Crippen molar-refractivity contribution in [1.82, 2.24) is 9.29 Å². The Morgan fingerprint density at radius 3 is 2.68 bits per heavy atom. The third-order valence-corrected chi connectivity index (χ3v) is 6.26. The van der Waals surface area contributed by atoms with Crippen molar-refractivity contribution >= 4 is 20.9 Å². The third kappa shape index (κ3) is 3.03. The highest BCUT2D eigenvalue weighted by Gasteiger charge is 2.20. The molecule has 25 heavy (non-hydrogen) atoms. The Balaban J connectivity index is 1.69. The second-order valence-electron chi connectivity index (χ2n) is 6.22. The number of nitrogens with zero attached hydrogens (tertiary/aromatic N) is 1. The fraction of sp³-hybridized carbons (Fsp3) is 0.263. The highest BCUT2D eigenvalue weighted by atomic mass is 32.2. The number of fused-ring (bicyclic) bond motifs is 1. The van der Waals surface area contributed by atoms with Gasteiger partial charge >= 0.3 is 0 Å². The molecule has 2 aromatic carbocycles. The Kier molecular flexibility index (Phi) is 4.23. The predicted molar refractivity (Wildman–Crippen MR) is 97.5 cm³/mol. The number of hydrogen-bond donors (Lipinski definition) is 1. The van der Waals surface area contributed by atoms with E-state index in [9.17, 15) is 8.42 Å². The van der Waals surface area contributed by atoms with Gasteiger partial charge in [0, 0.05) is 17.6 Å². The minimum atomic E-state index is -3.62. The van der Waals surface area contributed by atoms with Crippen LogP contribution in [0.4, 0.5) is 0 Å². The van der Waals surface area contributed by atoms with Crippen molar-refractivity contribution in [3.63, 3.8) is 0 Å². The number of hydrogen-bond acceptors (Lipinski definition) is 4. The van der Waals surface area contributed by atoms with Crippen molar-refractivity contribution in [1.29, 1.82) is 0 Å². The molecule has 1 atom stereocenters. The van der Waals surface area contributed by atoms with Crippen molar-refractivity contribution < 1.29 is 13.2 Å². The Bertz CT molecular complexity index is 974. The molecule has 0 radical (unpaired) electrons. The minimum Gasteiger partial charge on any atom is -0.491 e.